The number of nitrogens with one attached hydrogen (secondary N) is 1. The van der Waals surface area contributed by atoms with E-state index in [1.807, 2.05) is 12.1 Å². The van der Waals surface area contributed by atoms with Gasteiger partial charge in [0.1, 0.15) is 5.75 Å². The van der Waals surface area contributed by atoms with Crippen molar-refractivity contribution >= 4 is 12.0 Å². The van der Waals surface area contributed by atoms with Crippen LogP contribution in [0.2, 0.25) is 0 Å². The zero-order valence-corrected chi connectivity index (χ0v) is 34.4. The summed E-state index contributed by atoms with van der Waals surface area (Å²) in [5.41, 5.74) is 5.55. The maximum atomic E-state index is 10.9. The molecule has 1 heterocycles. The van der Waals surface area contributed by atoms with Crippen molar-refractivity contribution in [2.45, 2.75) is 125 Å². The first kappa shape index (κ1) is 38.3. The fourth-order valence-corrected chi connectivity index (χ4v) is 14.5. The van der Waals surface area contributed by atoms with Crippen molar-refractivity contribution in [1.29, 1.82) is 0 Å². The Morgan fingerprint density at radius 1 is 0.885 bits per heavy atom. The summed E-state index contributed by atoms with van der Waals surface area (Å²) in [5, 5.41) is 4.38. The first-order chi connectivity index (χ1) is 24.7. The molecule has 5 heteroatoms. The molecule has 0 amide bonds. The number of nitrogens with zero attached hydrogens (tertiary/aromatic N) is 2. The molecule has 5 aliphatic carbocycles. The van der Waals surface area contributed by atoms with E-state index >= 15 is 0 Å². The molecular formula is C47H73N3O2. The number of carbonyl (C=O) groups excluding carboxylic acids is 1. The number of fused-ring (bicyclic) bond motifs is 7. The molecule has 0 unspecified atom stereocenters. The van der Waals surface area contributed by atoms with Crippen LogP contribution in [0.4, 0.5) is 0 Å². The molecule has 0 radical (unpaired) electrons. The Kier molecular flexibility index (Phi) is 10.5. The lowest BCUT2D eigenvalue weighted by Gasteiger charge is -2.72. The normalized spacial score (nSPS) is 40.2. The Bertz CT molecular complexity index is 1490. The molecule has 1 aromatic rings. The van der Waals surface area contributed by atoms with Crippen LogP contribution in [0.5, 0.6) is 5.75 Å². The van der Waals surface area contributed by atoms with E-state index in [1.54, 1.807) is 0 Å². The molecule has 0 spiro atoms. The standard InChI is InChI=1S/C47H73N3O2/c1-33(2)19-26-49-28-30-50(31-29-49)27-25-48-47-22-16-37(34(3)4)42(47)39-14-15-41-44(7)20-17-38(35-10-12-36(13-11-35)52-32-51)43(5,6)40(44)18-21-46(41,9)45(39,8)23-24-47/h10-13,17,32-33,37,39-42,48H,3,14-16,18-31H2,1-2,4-9H3/t37-,39+,40-,41+,42+,44-,45+,46+,47-/m0/s1. The number of rotatable bonds is 11. The highest BCUT2D eigenvalue weighted by Gasteiger charge is 2.70. The highest BCUT2D eigenvalue weighted by Crippen LogP contribution is 2.76. The van der Waals surface area contributed by atoms with Crippen molar-refractivity contribution in [1.82, 2.24) is 15.1 Å². The van der Waals surface area contributed by atoms with Crippen LogP contribution in [0.15, 0.2) is 42.5 Å². The zero-order chi connectivity index (χ0) is 37.1. The minimum absolute atomic E-state index is 0.0853. The molecule has 0 bridgehead atoms. The summed E-state index contributed by atoms with van der Waals surface area (Å²) in [6.45, 7) is 34.0. The third-order valence-corrected chi connectivity index (χ3v) is 17.4. The van der Waals surface area contributed by atoms with Crippen LogP contribution >= 0.6 is 0 Å². The number of carbonyl (C=O) groups is 1. The zero-order valence-electron chi connectivity index (χ0n) is 34.4. The monoisotopic (exact) mass is 712 g/mol. The average molecular weight is 712 g/mol. The third-order valence-electron chi connectivity index (χ3n) is 17.4. The summed E-state index contributed by atoms with van der Waals surface area (Å²) in [4.78, 5) is 16.3. The van der Waals surface area contributed by atoms with Gasteiger partial charge in [0.05, 0.1) is 0 Å². The lowest BCUT2D eigenvalue weighted by atomic mass is 9.33. The Labute approximate surface area is 317 Å². The SMILES string of the molecule is C=C(C)[C@@H]1CC[C@]2(NCCN3CCN(CCC(C)C)CC3)CC[C@]3(C)[C@H](CC[C@@H]4[C@@]5(C)CC=C(c6ccc(OC=O)cc6)C(C)(C)[C@@H]5CC[C@]43C)[C@@H]12. The van der Waals surface area contributed by atoms with Crippen molar-refractivity contribution in [3.05, 3.63) is 48.1 Å². The van der Waals surface area contributed by atoms with Gasteiger partial charge in [0.2, 0.25) is 0 Å². The van der Waals surface area contributed by atoms with Gasteiger partial charge >= 0.3 is 0 Å². The van der Waals surface area contributed by atoms with Gasteiger partial charge in [0, 0.05) is 44.8 Å². The Hall–Kier alpha value is -1.95. The van der Waals surface area contributed by atoms with Crippen LogP contribution in [-0.4, -0.2) is 67.6 Å². The topological polar surface area (TPSA) is 44.8 Å². The Morgan fingerprint density at radius 3 is 2.23 bits per heavy atom. The van der Waals surface area contributed by atoms with E-state index in [4.69, 9.17) is 4.74 Å². The molecule has 7 rings (SSSR count). The molecule has 5 fully saturated rings. The van der Waals surface area contributed by atoms with E-state index in [1.165, 1.54) is 120 Å². The molecule has 1 saturated heterocycles. The number of allylic oxidation sites excluding steroid dienone is 3. The number of hydrogen-bond donors (Lipinski definition) is 1. The molecule has 4 saturated carbocycles. The molecule has 6 aliphatic rings. The lowest BCUT2D eigenvalue weighted by molar-refractivity contribution is -0.219. The van der Waals surface area contributed by atoms with Gasteiger partial charge in [-0.05, 0) is 158 Å². The molecule has 52 heavy (non-hydrogen) atoms. The maximum absolute atomic E-state index is 10.9. The summed E-state index contributed by atoms with van der Waals surface area (Å²) in [5.74, 6) is 4.93. The van der Waals surface area contributed by atoms with Gasteiger partial charge in [0.25, 0.3) is 6.47 Å². The van der Waals surface area contributed by atoms with Gasteiger partial charge in [0.15, 0.2) is 0 Å². The van der Waals surface area contributed by atoms with Crippen molar-refractivity contribution in [3.63, 3.8) is 0 Å². The molecule has 0 aromatic heterocycles. The van der Waals surface area contributed by atoms with Crippen molar-refractivity contribution in [2.75, 3.05) is 45.8 Å². The van der Waals surface area contributed by atoms with Gasteiger partial charge in [-0.15, -0.1) is 0 Å². The third kappa shape index (κ3) is 6.29. The summed E-state index contributed by atoms with van der Waals surface area (Å²) in [7, 11) is 0. The van der Waals surface area contributed by atoms with Crippen molar-refractivity contribution in [2.24, 2.45) is 57.2 Å². The van der Waals surface area contributed by atoms with E-state index in [9.17, 15) is 4.79 Å². The van der Waals surface area contributed by atoms with E-state index in [0.29, 0.717) is 46.2 Å². The number of benzene rings is 1. The van der Waals surface area contributed by atoms with E-state index in [2.05, 4.69) is 95.3 Å². The first-order valence-electron chi connectivity index (χ1n) is 21.4. The average Bonchev–Trinajstić information content (AvgIpc) is 3.49. The molecule has 1 aromatic carbocycles. The minimum atomic E-state index is 0.0853. The second-order valence-electron chi connectivity index (χ2n) is 20.4. The van der Waals surface area contributed by atoms with Gasteiger partial charge in [-0.25, -0.2) is 0 Å². The van der Waals surface area contributed by atoms with E-state index < -0.39 is 0 Å². The summed E-state index contributed by atoms with van der Waals surface area (Å²) >= 11 is 0. The smallest absolute Gasteiger partial charge is 0.298 e. The Balaban J connectivity index is 1.09. The predicted molar refractivity (Wildman–Crippen MR) is 216 cm³/mol. The first-order valence-corrected chi connectivity index (χ1v) is 21.4. The van der Waals surface area contributed by atoms with Crippen LogP contribution < -0.4 is 10.1 Å². The fraction of sp³-hybridized carbons (Fsp3) is 0.766. The van der Waals surface area contributed by atoms with Crippen LogP contribution in [0.25, 0.3) is 5.57 Å². The number of piperazine rings is 1. The molecule has 288 valence electrons. The highest BCUT2D eigenvalue weighted by molar-refractivity contribution is 5.72. The van der Waals surface area contributed by atoms with Crippen LogP contribution in [0.1, 0.15) is 125 Å². The fourth-order valence-electron chi connectivity index (χ4n) is 14.5. The van der Waals surface area contributed by atoms with Gasteiger partial charge in [-0.3, -0.25) is 9.69 Å². The highest BCUT2D eigenvalue weighted by atomic mass is 16.5. The summed E-state index contributed by atoms with van der Waals surface area (Å²) in [6, 6.07) is 8.21. The van der Waals surface area contributed by atoms with E-state index in [-0.39, 0.29) is 11.0 Å². The van der Waals surface area contributed by atoms with E-state index in [0.717, 1.165) is 24.3 Å². The quantitative estimate of drug-likeness (QED) is 0.183. The molecular weight excluding hydrogens is 639 g/mol. The molecule has 1 N–H and O–H groups in total. The molecule has 5 nitrogen and oxygen atoms in total. The predicted octanol–water partition coefficient (Wildman–Crippen LogP) is 9.88. The molecule has 1 aliphatic heterocycles. The van der Waals surface area contributed by atoms with Gasteiger partial charge in [-0.1, -0.05) is 78.8 Å². The maximum Gasteiger partial charge on any atom is 0.298 e. The summed E-state index contributed by atoms with van der Waals surface area (Å²) < 4.78 is 5.12. The second-order valence-corrected chi connectivity index (χ2v) is 20.4. The Morgan fingerprint density at radius 2 is 1.58 bits per heavy atom. The van der Waals surface area contributed by atoms with Gasteiger partial charge in [-0.2, -0.15) is 0 Å². The number of hydrogen-bond acceptors (Lipinski definition) is 5. The summed E-state index contributed by atoms with van der Waals surface area (Å²) in [6.07, 6.45) is 15.9. The van der Waals surface area contributed by atoms with Crippen LogP contribution in [-0.2, 0) is 4.79 Å². The van der Waals surface area contributed by atoms with Crippen molar-refractivity contribution < 1.29 is 9.53 Å². The second kappa shape index (κ2) is 14.3. The van der Waals surface area contributed by atoms with Crippen LogP contribution in [0, 0.1) is 57.2 Å². The molecule has 9 atom stereocenters. The van der Waals surface area contributed by atoms with Crippen molar-refractivity contribution in [3.8, 4) is 5.75 Å². The largest absolute Gasteiger partial charge is 0.429 e. The minimum Gasteiger partial charge on any atom is -0.429 e. The lowest BCUT2D eigenvalue weighted by Crippen LogP contribution is -2.68. The number of ether oxygens (including phenoxy) is 1. The van der Waals surface area contributed by atoms with Gasteiger partial charge < -0.3 is 15.0 Å². The van der Waals surface area contributed by atoms with Crippen LogP contribution in [0.3, 0.4) is 0 Å².